The number of hydrogen-bond acceptors (Lipinski definition) is 3. The first-order chi connectivity index (χ1) is 12.0. The van der Waals surface area contributed by atoms with E-state index < -0.39 is 4.92 Å². The van der Waals surface area contributed by atoms with Crippen molar-refractivity contribution in [3.8, 4) is 0 Å². The number of nitrogens with one attached hydrogen (secondary N) is 1. The molecule has 3 rings (SSSR count). The molecule has 0 spiro atoms. The lowest BCUT2D eigenvalue weighted by Crippen LogP contribution is -2.27. The van der Waals surface area contributed by atoms with Crippen molar-refractivity contribution >= 4 is 23.2 Å². The van der Waals surface area contributed by atoms with Gasteiger partial charge in [-0.15, -0.1) is 0 Å². The number of halogens is 1. The molecule has 0 radical (unpaired) electrons. The molecule has 1 aliphatic carbocycles. The van der Waals surface area contributed by atoms with Crippen molar-refractivity contribution in [3.63, 3.8) is 0 Å². The van der Waals surface area contributed by atoms with Crippen LogP contribution in [0.2, 0.25) is 5.02 Å². The van der Waals surface area contributed by atoms with Crippen LogP contribution in [-0.2, 0) is 12.8 Å². The van der Waals surface area contributed by atoms with Crippen molar-refractivity contribution in [1.82, 2.24) is 5.32 Å². The molecule has 1 N–H and O–H groups in total. The second kappa shape index (κ2) is 7.23. The summed E-state index contributed by atoms with van der Waals surface area (Å²) in [6.07, 6.45) is 4.62. The van der Waals surface area contributed by atoms with Gasteiger partial charge in [-0.25, -0.2) is 0 Å². The number of hydrogen-bond donors (Lipinski definition) is 1. The number of rotatable bonds is 4. The minimum absolute atomic E-state index is 0.0179. The van der Waals surface area contributed by atoms with Gasteiger partial charge in [0.05, 0.1) is 11.0 Å². The first kappa shape index (κ1) is 17.4. The number of nitro benzene ring substituents is 1. The summed E-state index contributed by atoms with van der Waals surface area (Å²) in [5.74, 6) is -0.356. The summed E-state index contributed by atoms with van der Waals surface area (Å²) in [6.45, 7) is 1.91. The number of nitrogens with zero attached hydrogens (tertiary/aromatic N) is 1. The summed E-state index contributed by atoms with van der Waals surface area (Å²) in [6, 6.07) is 10.2. The van der Waals surface area contributed by atoms with Crippen LogP contribution >= 0.6 is 11.6 Å². The fourth-order valence-corrected chi connectivity index (χ4v) is 3.37. The average Bonchev–Trinajstić information content (AvgIpc) is 2.61. The molecule has 0 aromatic heterocycles. The first-order valence-electron chi connectivity index (χ1n) is 8.32. The second-order valence-corrected chi connectivity index (χ2v) is 6.76. The molecular formula is C19H19ClN2O3. The highest BCUT2D eigenvalue weighted by Crippen LogP contribution is 2.27. The molecule has 130 valence electrons. The lowest BCUT2D eigenvalue weighted by molar-refractivity contribution is -0.384. The normalized spacial score (nSPS) is 14.5. The van der Waals surface area contributed by atoms with Gasteiger partial charge in [0.15, 0.2) is 0 Å². The Morgan fingerprint density at radius 2 is 1.88 bits per heavy atom. The highest BCUT2D eigenvalue weighted by molar-refractivity contribution is 6.32. The standard InChI is InChI=1S/C19H19ClN2O3/c1-12(14-7-6-13-4-2-3-5-15(13)10-14)21-19(23)16-8-9-17(20)18(11-16)22(24)25/h6-12H,2-5H2,1H3,(H,21,23)/t12-/m0/s1. The van der Waals surface area contributed by atoms with E-state index in [0.29, 0.717) is 0 Å². The zero-order chi connectivity index (χ0) is 18.0. The number of benzene rings is 2. The van der Waals surface area contributed by atoms with E-state index >= 15 is 0 Å². The Kier molecular flexibility index (Phi) is 5.04. The maximum atomic E-state index is 12.4. The topological polar surface area (TPSA) is 72.2 Å². The van der Waals surface area contributed by atoms with Gasteiger partial charge in [0.2, 0.25) is 0 Å². The molecular weight excluding hydrogens is 340 g/mol. The molecule has 0 heterocycles. The third-order valence-electron chi connectivity index (χ3n) is 4.63. The van der Waals surface area contributed by atoms with Crippen LogP contribution in [0.15, 0.2) is 36.4 Å². The summed E-state index contributed by atoms with van der Waals surface area (Å²) in [4.78, 5) is 22.8. The lowest BCUT2D eigenvalue weighted by Gasteiger charge is -2.20. The quantitative estimate of drug-likeness (QED) is 0.640. The maximum absolute atomic E-state index is 12.4. The second-order valence-electron chi connectivity index (χ2n) is 6.35. The van der Waals surface area contributed by atoms with Crippen LogP contribution in [0.4, 0.5) is 5.69 Å². The Bertz CT molecular complexity index is 835. The molecule has 2 aromatic rings. The van der Waals surface area contributed by atoms with Gasteiger partial charge in [-0.3, -0.25) is 14.9 Å². The molecule has 0 unspecified atom stereocenters. The molecule has 0 saturated carbocycles. The van der Waals surface area contributed by atoms with Gasteiger partial charge in [0, 0.05) is 11.6 Å². The van der Waals surface area contributed by atoms with Crippen molar-refractivity contribution < 1.29 is 9.72 Å². The first-order valence-corrected chi connectivity index (χ1v) is 8.70. The van der Waals surface area contributed by atoms with Crippen molar-refractivity contribution in [1.29, 1.82) is 0 Å². The Morgan fingerprint density at radius 1 is 1.16 bits per heavy atom. The Balaban J connectivity index is 1.76. The third-order valence-corrected chi connectivity index (χ3v) is 4.94. The minimum atomic E-state index is -0.591. The SMILES string of the molecule is C[C@H](NC(=O)c1ccc(Cl)c([N+](=O)[O-])c1)c1ccc2c(c1)CCCC2. The van der Waals surface area contributed by atoms with E-state index in [1.54, 1.807) is 0 Å². The van der Waals surface area contributed by atoms with Crippen molar-refractivity contribution in [2.75, 3.05) is 0 Å². The van der Waals surface area contributed by atoms with E-state index in [4.69, 9.17) is 11.6 Å². The third kappa shape index (κ3) is 3.82. The van der Waals surface area contributed by atoms with E-state index in [-0.39, 0.29) is 28.2 Å². The van der Waals surface area contributed by atoms with Crippen LogP contribution in [-0.4, -0.2) is 10.8 Å². The van der Waals surface area contributed by atoms with Crippen LogP contribution in [0, 0.1) is 10.1 Å². The van der Waals surface area contributed by atoms with Crippen LogP contribution < -0.4 is 5.32 Å². The predicted molar refractivity (Wildman–Crippen MR) is 97.1 cm³/mol. The van der Waals surface area contributed by atoms with E-state index in [1.165, 1.54) is 42.2 Å². The lowest BCUT2D eigenvalue weighted by atomic mass is 9.89. The molecule has 5 nitrogen and oxygen atoms in total. The molecule has 2 aromatic carbocycles. The van der Waals surface area contributed by atoms with E-state index in [1.807, 2.05) is 13.0 Å². The number of carbonyl (C=O) groups excluding carboxylic acids is 1. The van der Waals surface area contributed by atoms with Crippen LogP contribution in [0.25, 0.3) is 0 Å². The molecule has 1 aliphatic rings. The zero-order valence-corrected chi connectivity index (χ0v) is 14.7. The van der Waals surface area contributed by atoms with Crippen molar-refractivity contribution in [3.05, 3.63) is 73.8 Å². The zero-order valence-electron chi connectivity index (χ0n) is 13.9. The predicted octanol–water partition coefficient (Wildman–Crippen LogP) is 4.62. The van der Waals surface area contributed by atoms with E-state index in [9.17, 15) is 14.9 Å². The maximum Gasteiger partial charge on any atom is 0.288 e. The number of nitro groups is 1. The van der Waals surface area contributed by atoms with E-state index in [2.05, 4.69) is 17.4 Å². The van der Waals surface area contributed by atoms with Gasteiger partial charge >= 0.3 is 0 Å². The number of fused-ring (bicyclic) bond motifs is 1. The highest BCUT2D eigenvalue weighted by atomic mass is 35.5. The Hall–Kier alpha value is -2.40. The summed E-state index contributed by atoms with van der Waals surface area (Å²) < 4.78 is 0. The highest BCUT2D eigenvalue weighted by Gasteiger charge is 2.18. The van der Waals surface area contributed by atoms with Gasteiger partial charge in [0.25, 0.3) is 11.6 Å². The average molecular weight is 359 g/mol. The van der Waals surface area contributed by atoms with Gasteiger partial charge in [-0.1, -0.05) is 29.8 Å². The summed E-state index contributed by atoms with van der Waals surface area (Å²) in [7, 11) is 0. The molecule has 1 amide bonds. The largest absolute Gasteiger partial charge is 0.346 e. The number of aryl methyl sites for hydroxylation is 2. The van der Waals surface area contributed by atoms with Crippen LogP contribution in [0.3, 0.4) is 0 Å². The number of amides is 1. The fourth-order valence-electron chi connectivity index (χ4n) is 3.18. The van der Waals surface area contributed by atoms with Gasteiger partial charge in [0.1, 0.15) is 5.02 Å². The molecule has 0 aliphatic heterocycles. The van der Waals surface area contributed by atoms with Gasteiger partial charge in [-0.2, -0.15) is 0 Å². The summed E-state index contributed by atoms with van der Waals surface area (Å²) >= 11 is 5.79. The van der Waals surface area contributed by atoms with Crippen LogP contribution in [0.5, 0.6) is 0 Å². The molecule has 1 atom stereocenters. The molecule has 0 bridgehead atoms. The summed E-state index contributed by atoms with van der Waals surface area (Å²) in [5.41, 5.74) is 3.74. The molecule has 25 heavy (non-hydrogen) atoms. The van der Waals surface area contributed by atoms with Gasteiger partial charge in [-0.05, 0) is 61.4 Å². The van der Waals surface area contributed by atoms with Crippen molar-refractivity contribution in [2.24, 2.45) is 0 Å². The summed E-state index contributed by atoms with van der Waals surface area (Å²) in [5, 5.41) is 13.9. The molecule has 0 fully saturated rings. The minimum Gasteiger partial charge on any atom is -0.346 e. The van der Waals surface area contributed by atoms with Crippen molar-refractivity contribution in [2.45, 2.75) is 38.6 Å². The van der Waals surface area contributed by atoms with E-state index in [0.717, 1.165) is 18.4 Å². The molecule has 0 saturated heterocycles. The van der Waals surface area contributed by atoms with Crippen LogP contribution in [0.1, 0.15) is 52.9 Å². The fraction of sp³-hybridized carbons (Fsp3) is 0.316. The monoisotopic (exact) mass is 358 g/mol. The smallest absolute Gasteiger partial charge is 0.288 e. The van der Waals surface area contributed by atoms with Gasteiger partial charge < -0.3 is 5.32 Å². The Morgan fingerprint density at radius 3 is 2.60 bits per heavy atom. The number of carbonyl (C=O) groups is 1. The molecule has 6 heteroatoms. The Labute approximate surface area is 151 Å².